The SMILES string of the molecule is C[C@H](CCN1CCCC1)NC(=O)N[C@H]1CCOC2(CCCC2)C1. The summed E-state index contributed by atoms with van der Waals surface area (Å²) in [6, 6.07) is 0.502. The van der Waals surface area contributed by atoms with E-state index in [1.54, 1.807) is 0 Å². The number of rotatable bonds is 5. The van der Waals surface area contributed by atoms with Gasteiger partial charge in [-0.05, 0) is 65.0 Å². The van der Waals surface area contributed by atoms with Crippen LogP contribution >= 0.6 is 0 Å². The van der Waals surface area contributed by atoms with Gasteiger partial charge in [0.25, 0.3) is 0 Å². The van der Waals surface area contributed by atoms with Crippen LogP contribution in [0, 0.1) is 0 Å². The number of hydrogen-bond acceptors (Lipinski definition) is 3. The molecule has 132 valence electrons. The van der Waals surface area contributed by atoms with E-state index in [-0.39, 0.29) is 23.7 Å². The molecule has 1 aliphatic carbocycles. The molecule has 0 radical (unpaired) electrons. The van der Waals surface area contributed by atoms with E-state index < -0.39 is 0 Å². The topological polar surface area (TPSA) is 53.6 Å². The summed E-state index contributed by atoms with van der Waals surface area (Å²) < 4.78 is 6.04. The van der Waals surface area contributed by atoms with Gasteiger partial charge >= 0.3 is 6.03 Å². The van der Waals surface area contributed by atoms with Crippen molar-refractivity contribution in [2.75, 3.05) is 26.2 Å². The zero-order valence-corrected chi connectivity index (χ0v) is 14.6. The number of amides is 2. The van der Waals surface area contributed by atoms with Gasteiger partial charge in [0.1, 0.15) is 0 Å². The molecule has 2 N–H and O–H groups in total. The van der Waals surface area contributed by atoms with Crippen molar-refractivity contribution in [3.8, 4) is 0 Å². The zero-order chi connectivity index (χ0) is 16.1. The minimum absolute atomic E-state index is 0.000955. The van der Waals surface area contributed by atoms with Crippen LogP contribution in [-0.2, 0) is 4.74 Å². The fraction of sp³-hybridized carbons (Fsp3) is 0.944. The third-order valence-electron chi connectivity index (χ3n) is 5.80. The van der Waals surface area contributed by atoms with Gasteiger partial charge in [-0.1, -0.05) is 12.8 Å². The van der Waals surface area contributed by atoms with E-state index in [4.69, 9.17) is 4.74 Å². The van der Waals surface area contributed by atoms with Crippen LogP contribution in [0.2, 0.25) is 0 Å². The Morgan fingerprint density at radius 3 is 2.74 bits per heavy atom. The number of likely N-dealkylation sites (tertiary alicyclic amines) is 1. The lowest BCUT2D eigenvalue weighted by Crippen LogP contribution is -2.51. The van der Waals surface area contributed by atoms with Gasteiger partial charge in [-0.2, -0.15) is 0 Å². The number of hydrogen-bond donors (Lipinski definition) is 2. The standard InChI is InChI=1S/C18H33N3O2/c1-15(6-12-21-10-4-5-11-21)19-17(22)20-16-7-13-23-18(14-16)8-2-3-9-18/h15-16H,2-14H2,1H3,(H2,19,20,22)/t15-,16+/m1/s1. The summed E-state index contributed by atoms with van der Waals surface area (Å²) in [4.78, 5) is 14.7. The van der Waals surface area contributed by atoms with Gasteiger partial charge in [-0.3, -0.25) is 0 Å². The van der Waals surface area contributed by atoms with Gasteiger partial charge in [0.2, 0.25) is 0 Å². The summed E-state index contributed by atoms with van der Waals surface area (Å²) in [5, 5.41) is 6.30. The second kappa shape index (κ2) is 7.84. The first-order valence-corrected chi connectivity index (χ1v) is 9.59. The van der Waals surface area contributed by atoms with Gasteiger partial charge < -0.3 is 20.3 Å². The Hall–Kier alpha value is -0.810. The Balaban J connectivity index is 1.36. The first kappa shape index (κ1) is 17.0. The molecule has 0 aromatic heterocycles. The lowest BCUT2D eigenvalue weighted by molar-refractivity contribution is -0.0820. The normalized spacial score (nSPS) is 28.8. The number of carbonyl (C=O) groups is 1. The van der Waals surface area contributed by atoms with Crippen LogP contribution in [0.15, 0.2) is 0 Å². The van der Waals surface area contributed by atoms with Crippen molar-refractivity contribution in [3.63, 3.8) is 0 Å². The first-order valence-electron chi connectivity index (χ1n) is 9.59. The van der Waals surface area contributed by atoms with E-state index in [1.807, 2.05) is 0 Å². The molecule has 0 aromatic rings. The van der Waals surface area contributed by atoms with Gasteiger partial charge in [0.05, 0.1) is 5.60 Å². The summed E-state index contributed by atoms with van der Waals surface area (Å²) >= 11 is 0. The smallest absolute Gasteiger partial charge is 0.315 e. The van der Waals surface area contributed by atoms with Crippen LogP contribution in [0.5, 0.6) is 0 Å². The predicted octanol–water partition coefficient (Wildman–Crippen LogP) is 2.65. The maximum Gasteiger partial charge on any atom is 0.315 e. The summed E-state index contributed by atoms with van der Waals surface area (Å²) in [5.41, 5.74) is 0.0670. The van der Waals surface area contributed by atoms with Crippen LogP contribution < -0.4 is 10.6 Å². The maximum atomic E-state index is 12.2. The molecule has 0 aromatic carbocycles. The Bertz CT molecular complexity index is 390. The highest BCUT2D eigenvalue weighted by Gasteiger charge is 2.40. The second-order valence-electron chi connectivity index (χ2n) is 7.78. The summed E-state index contributed by atoms with van der Waals surface area (Å²) in [6.45, 7) is 6.45. The molecule has 23 heavy (non-hydrogen) atoms. The first-order chi connectivity index (χ1) is 11.2. The third kappa shape index (κ3) is 4.83. The molecule has 2 amide bonds. The van der Waals surface area contributed by atoms with Gasteiger partial charge in [-0.15, -0.1) is 0 Å². The largest absolute Gasteiger partial charge is 0.375 e. The van der Waals surface area contributed by atoms with Crippen LogP contribution in [0.3, 0.4) is 0 Å². The van der Waals surface area contributed by atoms with Crippen molar-refractivity contribution in [1.82, 2.24) is 15.5 Å². The Morgan fingerprint density at radius 2 is 2.00 bits per heavy atom. The molecule has 2 heterocycles. The monoisotopic (exact) mass is 323 g/mol. The zero-order valence-electron chi connectivity index (χ0n) is 14.6. The predicted molar refractivity (Wildman–Crippen MR) is 91.6 cm³/mol. The highest BCUT2D eigenvalue weighted by atomic mass is 16.5. The molecule has 5 nitrogen and oxygen atoms in total. The van der Waals surface area contributed by atoms with E-state index in [2.05, 4.69) is 22.5 Å². The van der Waals surface area contributed by atoms with Gasteiger partial charge in [-0.25, -0.2) is 4.79 Å². The van der Waals surface area contributed by atoms with E-state index in [0.29, 0.717) is 0 Å². The fourth-order valence-corrected chi connectivity index (χ4v) is 4.42. The molecular weight excluding hydrogens is 290 g/mol. The van der Waals surface area contributed by atoms with Crippen LogP contribution in [0.1, 0.15) is 64.7 Å². The number of carbonyl (C=O) groups excluding carboxylic acids is 1. The van der Waals surface area contributed by atoms with E-state index >= 15 is 0 Å². The molecule has 3 rings (SSSR count). The molecule has 2 aliphatic heterocycles. The average Bonchev–Trinajstić information content (AvgIpc) is 3.17. The maximum absolute atomic E-state index is 12.2. The van der Waals surface area contributed by atoms with Gasteiger partial charge in [0, 0.05) is 25.2 Å². The number of nitrogens with zero attached hydrogens (tertiary/aromatic N) is 1. The number of nitrogens with one attached hydrogen (secondary N) is 2. The van der Waals surface area contributed by atoms with E-state index in [0.717, 1.165) is 32.4 Å². The third-order valence-corrected chi connectivity index (χ3v) is 5.80. The highest BCUT2D eigenvalue weighted by Crippen LogP contribution is 2.39. The Kier molecular flexibility index (Phi) is 5.81. The van der Waals surface area contributed by atoms with Crippen molar-refractivity contribution >= 4 is 6.03 Å². The molecule has 0 bridgehead atoms. The molecule has 1 spiro atoms. The Morgan fingerprint density at radius 1 is 1.26 bits per heavy atom. The van der Waals surface area contributed by atoms with Crippen LogP contribution in [0.4, 0.5) is 4.79 Å². The average molecular weight is 323 g/mol. The van der Waals surface area contributed by atoms with Crippen molar-refractivity contribution in [1.29, 1.82) is 0 Å². The molecule has 3 fully saturated rings. The summed E-state index contributed by atoms with van der Waals surface area (Å²) in [6.07, 6.45) is 10.5. The van der Waals surface area contributed by atoms with Crippen molar-refractivity contribution in [2.45, 2.75) is 82.4 Å². The molecule has 1 saturated carbocycles. The second-order valence-corrected chi connectivity index (χ2v) is 7.78. The lowest BCUT2D eigenvalue weighted by Gasteiger charge is -2.38. The highest BCUT2D eigenvalue weighted by molar-refractivity contribution is 5.74. The van der Waals surface area contributed by atoms with E-state index in [1.165, 1.54) is 51.6 Å². The minimum atomic E-state index is -0.000955. The number of ether oxygens (including phenoxy) is 1. The van der Waals surface area contributed by atoms with Crippen molar-refractivity contribution in [3.05, 3.63) is 0 Å². The lowest BCUT2D eigenvalue weighted by atomic mass is 9.89. The minimum Gasteiger partial charge on any atom is -0.375 e. The summed E-state index contributed by atoms with van der Waals surface area (Å²) in [5.74, 6) is 0. The fourth-order valence-electron chi connectivity index (χ4n) is 4.42. The summed E-state index contributed by atoms with van der Waals surface area (Å²) in [7, 11) is 0. The van der Waals surface area contributed by atoms with E-state index in [9.17, 15) is 4.79 Å². The van der Waals surface area contributed by atoms with Crippen LogP contribution in [-0.4, -0.2) is 54.9 Å². The van der Waals surface area contributed by atoms with Crippen molar-refractivity contribution in [2.24, 2.45) is 0 Å². The molecule has 2 saturated heterocycles. The molecule has 0 unspecified atom stereocenters. The van der Waals surface area contributed by atoms with Crippen molar-refractivity contribution < 1.29 is 9.53 Å². The quantitative estimate of drug-likeness (QED) is 0.818. The molecule has 5 heteroatoms. The number of urea groups is 1. The Labute approximate surface area is 140 Å². The molecular formula is C18H33N3O2. The molecule has 2 atom stereocenters. The van der Waals surface area contributed by atoms with Crippen LogP contribution in [0.25, 0.3) is 0 Å². The molecule has 3 aliphatic rings. The van der Waals surface area contributed by atoms with Gasteiger partial charge in [0.15, 0.2) is 0 Å².